The summed E-state index contributed by atoms with van der Waals surface area (Å²) in [6.45, 7) is 5.66. The summed E-state index contributed by atoms with van der Waals surface area (Å²) >= 11 is 1.72. The first-order valence-corrected chi connectivity index (χ1v) is 10.7. The summed E-state index contributed by atoms with van der Waals surface area (Å²) in [6, 6.07) is 6.97. The lowest BCUT2D eigenvalue weighted by Gasteiger charge is -2.21. The van der Waals surface area contributed by atoms with Crippen molar-refractivity contribution in [1.29, 1.82) is 0 Å². The molecule has 1 aliphatic heterocycles. The summed E-state index contributed by atoms with van der Waals surface area (Å²) in [5, 5.41) is 7.70. The van der Waals surface area contributed by atoms with Crippen molar-refractivity contribution in [2.45, 2.75) is 25.0 Å². The Morgan fingerprint density at radius 1 is 1.39 bits per heavy atom. The van der Waals surface area contributed by atoms with Gasteiger partial charge in [0.25, 0.3) is 0 Å². The number of likely N-dealkylation sites (tertiary alicyclic amines) is 1. The van der Waals surface area contributed by atoms with E-state index >= 15 is 0 Å². The number of aliphatic imine (C=N–C) groups is 1. The number of benzene rings is 1. The van der Waals surface area contributed by atoms with E-state index < -0.39 is 0 Å². The molecule has 1 aromatic carbocycles. The number of halogens is 2. The van der Waals surface area contributed by atoms with Crippen molar-refractivity contribution in [3.8, 4) is 0 Å². The van der Waals surface area contributed by atoms with Gasteiger partial charge >= 0.3 is 0 Å². The second kappa shape index (κ2) is 11.6. The fourth-order valence-corrected chi connectivity index (χ4v) is 4.13. The first-order valence-electron chi connectivity index (χ1n) is 9.50. The molecule has 0 radical (unpaired) electrons. The summed E-state index contributed by atoms with van der Waals surface area (Å²) in [4.78, 5) is 7.11. The predicted octanol–water partition coefficient (Wildman–Crippen LogP) is 3.87. The maximum atomic E-state index is 13.6. The SMILES string of the molecule is CCNC(=NCCSCc1ccccc1F)N1CCC(c2cnn(C)c2)C1.I. The van der Waals surface area contributed by atoms with Crippen LogP contribution in [0.3, 0.4) is 0 Å². The number of hydrogen-bond donors (Lipinski definition) is 1. The monoisotopic (exact) mass is 517 g/mol. The van der Waals surface area contributed by atoms with Crippen molar-refractivity contribution in [1.82, 2.24) is 20.0 Å². The highest BCUT2D eigenvalue weighted by Crippen LogP contribution is 2.26. The molecule has 1 aromatic heterocycles. The summed E-state index contributed by atoms with van der Waals surface area (Å²) in [5.41, 5.74) is 2.06. The molecule has 1 aliphatic rings. The molecule has 1 saturated heterocycles. The highest BCUT2D eigenvalue weighted by atomic mass is 127. The lowest BCUT2D eigenvalue weighted by Crippen LogP contribution is -2.40. The van der Waals surface area contributed by atoms with Crippen molar-refractivity contribution in [3.63, 3.8) is 0 Å². The third-order valence-corrected chi connectivity index (χ3v) is 5.72. The van der Waals surface area contributed by atoms with E-state index in [4.69, 9.17) is 4.99 Å². The third kappa shape index (κ3) is 6.37. The molecule has 3 rings (SSSR count). The van der Waals surface area contributed by atoms with E-state index in [9.17, 15) is 4.39 Å². The number of nitrogens with one attached hydrogen (secondary N) is 1. The predicted molar refractivity (Wildman–Crippen MR) is 126 cm³/mol. The molecule has 154 valence electrons. The van der Waals surface area contributed by atoms with Gasteiger partial charge in [0.05, 0.1) is 12.7 Å². The Morgan fingerprint density at radius 2 is 2.21 bits per heavy atom. The molecular weight excluding hydrogens is 488 g/mol. The van der Waals surface area contributed by atoms with Crippen LogP contribution in [0.5, 0.6) is 0 Å². The highest BCUT2D eigenvalue weighted by molar-refractivity contribution is 14.0. The van der Waals surface area contributed by atoms with Crippen molar-refractivity contribution in [2.75, 3.05) is 31.9 Å². The van der Waals surface area contributed by atoms with Crippen LogP contribution in [0, 0.1) is 5.82 Å². The Bertz CT molecular complexity index is 767. The zero-order chi connectivity index (χ0) is 19.1. The first kappa shape index (κ1) is 23.0. The van der Waals surface area contributed by atoms with Crippen LogP contribution >= 0.6 is 35.7 Å². The molecule has 1 atom stereocenters. The maximum absolute atomic E-state index is 13.6. The molecule has 1 fully saturated rings. The van der Waals surface area contributed by atoms with E-state index in [-0.39, 0.29) is 29.8 Å². The van der Waals surface area contributed by atoms with Crippen molar-refractivity contribution in [3.05, 3.63) is 53.6 Å². The number of aryl methyl sites for hydroxylation is 1. The van der Waals surface area contributed by atoms with E-state index in [1.165, 1.54) is 11.6 Å². The minimum atomic E-state index is -0.125. The lowest BCUT2D eigenvalue weighted by atomic mass is 10.0. The van der Waals surface area contributed by atoms with Gasteiger partial charge < -0.3 is 10.2 Å². The van der Waals surface area contributed by atoms with Gasteiger partial charge in [0.1, 0.15) is 5.82 Å². The molecule has 8 heteroatoms. The first-order chi connectivity index (χ1) is 13.2. The quantitative estimate of drug-likeness (QED) is 0.262. The molecule has 0 spiro atoms. The van der Waals surface area contributed by atoms with Gasteiger partial charge in [0.2, 0.25) is 0 Å². The Kier molecular flexibility index (Phi) is 9.57. The van der Waals surface area contributed by atoms with Crippen LogP contribution in [0.4, 0.5) is 4.39 Å². The van der Waals surface area contributed by atoms with Crippen molar-refractivity contribution >= 4 is 41.7 Å². The topological polar surface area (TPSA) is 45.5 Å². The van der Waals surface area contributed by atoms with E-state index in [2.05, 4.69) is 28.4 Å². The van der Waals surface area contributed by atoms with Crippen molar-refractivity contribution < 1.29 is 4.39 Å². The Hall–Kier alpha value is -1.29. The van der Waals surface area contributed by atoms with Crippen LogP contribution in [0.15, 0.2) is 41.7 Å². The van der Waals surface area contributed by atoms with Crippen LogP contribution in [0.1, 0.15) is 30.4 Å². The minimum absolute atomic E-state index is 0. The number of aromatic nitrogens is 2. The van der Waals surface area contributed by atoms with Crippen LogP contribution in [-0.4, -0.2) is 52.6 Å². The summed E-state index contributed by atoms with van der Waals surface area (Å²) in [7, 11) is 1.96. The molecule has 0 aliphatic carbocycles. The molecule has 2 heterocycles. The fraction of sp³-hybridized carbons (Fsp3) is 0.500. The Morgan fingerprint density at radius 3 is 2.93 bits per heavy atom. The van der Waals surface area contributed by atoms with Gasteiger partial charge in [0, 0.05) is 50.3 Å². The molecule has 2 aromatic rings. The van der Waals surface area contributed by atoms with Crippen LogP contribution < -0.4 is 5.32 Å². The Labute approximate surface area is 188 Å². The molecule has 0 saturated carbocycles. The van der Waals surface area contributed by atoms with Crippen LogP contribution in [0.2, 0.25) is 0 Å². The second-order valence-electron chi connectivity index (χ2n) is 6.76. The van der Waals surface area contributed by atoms with Crippen LogP contribution in [-0.2, 0) is 12.8 Å². The zero-order valence-corrected chi connectivity index (χ0v) is 19.6. The average molecular weight is 517 g/mol. The van der Waals surface area contributed by atoms with Gasteiger partial charge in [-0.2, -0.15) is 16.9 Å². The fourth-order valence-electron chi connectivity index (χ4n) is 3.32. The molecular formula is C20H29FIN5S. The van der Waals surface area contributed by atoms with E-state index in [0.717, 1.165) is 49.9 Å². The highest BCUT2D eigenvalue weighted by Gasteiger charge is 2.26. The number of thioether (sulfide) groups is 1. The number of guanidine groups is 1. The summed E-state index contributed by atoms with van der Waals surface area (Å²) in [6.07, 6.45) is 5.20. The van der Waals surface area contributed by atoms with E-state index in [1.807, 2.05) is 30.1 Å². The van der Waals surface area contributed by atoms with Gasteiger partial charge in [-0.05, 0) is 30.5 Å². The number of hydrogen-bond acceptors (Lipinski definition) is 3. The second-order valence-corrected chi connectivity index (χ2v) is 7.86. The standard InChI is InChI=1S/C20H28FN5S.HI/c1-3-22-20(23-9-11-27-15-17-6-4-5-7-19(17)21)26-10-8-16(14-26)18-12-24-25(2)13-18;/h4-7,12-13,16H,3,8-11,14-15H2,1-2H3,(H,22,23);1H. The maximum Gasteiger partial charge on any atom is 0.193 e. The molecule has 0 amide bonds. The molecule has 0 bridgehead atoms. The van der Waals surface area contributed by atoms with E-state index in [0.29, 0.717) is 11.7 Å². The summed E-state index contributed by atoms with van der Waals surface area (Å²) in [5.74, 6) is 2.93. The smallest absolute Gasteiger partial charge is 0.193 e. The third-order valence-electron chi connectivity index (χ3n) is 4.73. The zero-order valence-electron chi connectivity index (χ0n) is 16.5. The minimum Gasteiger partial charge on any atom is -0.357 e. The average Bonchev–Trinajstić information content (AvgIpc) is 3.31. The van der Waals surface area contributed by atoms with Crippen LogP contribution in [0.25, 0.3) is 0 Å². The van der Waals surface area contributed by atoms with Gasteiger partial charge in [0.15, 0.2) is 5.96 Å². The lowest BCUT2D eigenvalue weighted by molar-refractivity contribution is 0.487. The molecule has 1 N–H and O–H groups in total. The number of nitrogens with zero attached hydrogens (tertiary/aromatic N) is 4. The van der Waals surface area contributed by atoms with Gasteiger partial charge in [-0.15, -0.1) is 24.0 Å². The summed E-state index contributed by atoms with van der Waals surface area (Å²) < 4.78 is 15.5. The molecule has 28 heavy (non-hydrogen) atoms. The van der Waals surface area contributed by atoms with Crippen molar-refractivity contribution in [2.24, 2.45) is 12.0 Å². The normalized spacial score (nSPS) is 16.9. The number of rotatable bonds is 7. The molecule has 1 unspecified atom stereocenters. The largest absolute Gasteiger partial charge is 0.357 e. The van der Waals surface area contributed by atoms with Gasteiger partial charge in [-0.3, -0.25) is 9.67 Å². The van der Waals surface area contributed by atoms with Gasteiger partial charge in [-0.1, -0.05) is 18.2 Å². The Balaban J connectivity index is 0.00000280. The molecule has 5 nitrogen and oxygen atoms in total. The van der Waals surface area contributed by atoms with Gasteiger partial charge in [-0.25, -0.2) is 4.39 Å². The van der Waals surface area contributed by atoms with E-state index in [1.54, 1.807) is 17.8 Å².